The Morgan fingerprint density at radius 2 is 0.508 bits per heavy atom. The molecule has 54 nitrogen and oxygen atoms in total. The van der Waals surface area contributed by atoms with Crippen LogP contribution in [0.1, 0.15) is 34.6 Å². The second-order valence-electron chi connectivity index (χ2n) is 31.0. The number of hydrogen-bond acceptors (Lipinski definition) is 50. The van der Waals surface area contributed by atoms with E-state index in [0.717, 1.165) is 27.7 Å². The fraction of sp³-hybridized carbons (Fsp3) is 0.941. The van der Waals surface area contributed by atoms with Crippen molar-refractivity contribution >= 4 is 23.6 Å². The van der Waals surface area contributed by atoms with Gasteiger partial charge in [0.25, 0.3) is 0 Å². The zero-order chi connectivity index (χ0) is 89.8. The normalized spacial score (nSPS) is 49.7. The summed E-state index contributed by atoms with van der Waals surface area (Å²) in [6.45, 7) is -4.79. The number of carbonyl (C=O) groups is 4. The van der Waals surface area contributed by atoms with E-state index >= 15 is 0 Å². The van der Waals surface area contributed by atoms with Crippen molar-refractivity contribution in [2.75, 3.05) is 59.5 Å². The lowest BCUT2D eigenvalue weighted by Gasteiger charge is -2.51. The van der Waals surface area contributed by atoms with Crippen LogP contribution in [0.25, 0.3) is 0 Å². The molecule has 122 heavy (non-hydrogen) atoms. The van der Waals surface area contributed by atoms with E-state index in [4.69, 9.17) is 90.0 Å². The summed E-state index contributed by atoms with van der Waals surface area (Å²) >= 11 is 0. The summed E-state index contributed by atoms with van der Waals surface area (Å²) in [7, 11) is 0. The van der Waals surface area contributed by atoms with Gasteiger partial charge in [-0.25, -0.2) is 0 Å². The zero-order valence-electron chi connectivity index (χ0n) is 65.7. The number of amides is 4. The Kier molecular flexibility index (Phi) is 35.8. The van der Waals surface area contributed by atoms with Crippen LogP contribution < -0.4 is 21.3 Å². The smallest absolute Gasteiger partial charge is 0.217 e. The number of aliphatic hydroxyl groups excluding tert-OH is 27. The monoisotopic (exact) mass is 1790 g/mol. The van der Waals surface area contributed by atoms with Crippen LogP contribution >= 0.6 is 0 Å². The van der Waals surface area contributed by atoms with Gasteiger partial charge in [0.05, 0.1) is 65.6 Å². The Bertz CT molecular complexity index is 3290. The fourth-order valence-electron chi connectivity index (χ4n) is 15.8. The molecule has 10 rings (SSSR count). The number of ether oxygens (including phenoxy) is 19. The standard InChI is InChI=1S/C68H114N4O50/c1-15-33(84)44(95)48(99)63(106-15)104-14-28-54(41(92)29(59(103)107-28)69-16(2)80)116-61-31(71-18(4)82)42(93)53(25(11-78)113-61)118-66-51(102)56(120-68-58(47(98)37(88)23(9-76)112-68)122-60-30(70-17(3)81)40(91)34(85)20(6-73)108-60)39(90)27(115-66)13-105-67-57(46(97)36(87)22(8-75)111-67)121-62-32(72-19(5)83)43(94)52(26(12-79)114-62)117-65-50(101)55(38(89)24(10-77)110-65)119-64-49(100)45(96)35(86)21(7-74)109-64/h15,20-68,73-79,84-103H,6-14H2,1-5H3,(H,69,80)(H,70,81)(H,71,82)(H,72,83)/t15-,20+,21+,22+,23+,24+,25+,26+,27+,28+,29+,30-,31+,32+,33+,34+,35-,36+,37+,38-,39+,40+,41+,42+,43+,44+,45-,46-,47-,48-,49+,50+,51-,52+,53+,54+,55-,56-,57-,58-,59+,60-,61-,62-,63+,64+,65-,66-,67-,68+/m0/s1. The third-order valence-electron chi connectivity index (χ3n) is 22.4. The number of hydrogen-bond donors (Lipinski definition) is 31. The Morgan fingerprint density at radius 3 is 0.959 bits per heavy atom. The molecule has 10 aliphatic rings. The van der Waals surface area contributed by atoms with Crippen molar-refractivity contribution in [3.05, 3.63) is 0 Å². The molecule has 0 bridgehead atoms. The molecule has 0 radical (unpaired) electrons. The van der Waals surface area contributed by atoms with Crippen LogP contribution in [-0.4, -0.2) is 528 Å². The molecule has 10 fully saturated rings. The van der Waals surface area contributed by atoms with Gasteiger partial charge in [-0.2, -0.15) is 0 Å². The molecule has 4 amide bonds. The maximum Gasteiger partial charge on any atom is 0.217 e. The van der Waals surface area contributed by atoms with E-state index in [1.54, 1.807) is 0 Å². The van der Waals surface area contributed by atoms with E-state index in [1.807, 2.05) is 0 Å². The van der Waals surface area contributed by atoms with Crippen LogP contribution in [0, 0.1) is 0 Å². The van der Waals surface area contributed by atoms with E-state index in [2.05, 4.69) is 21.3 Å². The van der Waals surface area contributed by atoms with Crippen LogP contribution in [0.4, 0.5) is 0 Å². The summed E-state index contributed by atoms with van der Waals surface area (Å²) < 4.78 is 113. The van der Waals surface area contributed by atoms with Crippen molar-refractivity contribution in [1.29, 1.82) is 0 Å². The number of rotatable bonds is 31. The first-order chi connectivity index (χ1) is 57.7. The van der Waals surface area contributed by atoms with Gasteiger partial charge in [0.1, 0.15) is 238 Å². The minimum Gasteiger partial charge on any atom is -0.394 e. The van der Waals surface area contributed by atoms with E-state index in [1.165, 1.54) is 6.92 Å². The molecule has 0 saturated carbocycles. The van der Waals surface area contributed by atoms with Crippen molar-refractivity contribution in [2.24, 2.45) is 0 Å². The van der Waals surface area contributed by atoms with Gasteiger partial charge in [-0.1, -0.05) is 0 Å². The van der Waals surface area contributed by atoms with E-state index < -0.39 is 390 Å². The minimum absolute atomic E-state index is 0.840. The van der Waals surface area contributed by atoms with Crippen molar-refractivity contribution in [3.63, 3.8) is 0 Å². The third kappa shape index (κ3) is 22.0. The van der Waals surface area contributed by atoms with Gasteiger partial charge in [-0.3, -0.25) is 19.2 Å². The average Bonchev–Trinajstić information content (AvgIpc) is 0.763. The molecule has 0 aromatic heterocycles. The quantitative estimate of drug-likeness (QED) is 0.0306. The topological polar surface area (TPSA) is 838 Å². The third-order valence-corrected chi connectivity index (χ3v) is 22.4. The summed E-state index contributed by atoms with van der Waals surface area (Å²) in [5.74, 6) is -3.70. The van der Waals surface area contributed by atoms with Crippen LogP contribution in [-0.2, 0) is 109 Å². The number of aliphatic hydroxyl groups is 27. The maximum atomic E-state index is 13.2. The predicted octanol–water partition coefficient (Wildman–Crippen LogP) is -21.2. The van der Waals surface area contributed by atoms with E-state index in [-0.39, 0.29) is 0 Å². The van der Waals surface area contributed by atoms with Crippen LogP contribution in [0.3, 0.4) is 0 Å². The summed E-state index contributed by atoms with van der Waals surface area (Å²) in [5, 5.41) is 311. The number of carbonyl (C=O) groups excluding carboxylic acids is 4. The highest BCUT2D eigenvalue weighted by molar-refractivity contribution is 5.74. The molecular formula is C68H114N4O50. The summed E-state index contributed by atoms with van der Waals surface area (Å²) in [5.41, 5.74) is 0. The molecule has 10 heterocycles. The van der Waals surface area contributed by atoms with Crippen molar-refractivity contribution in [1.82, 2.24) is 21.3 Å². The highest BCUT2D eigenvalue weighted by Crippen LogP contribution is 2.41. The average molecular weight is 1790 g/mol. The highest BCUT2D eigenvalue weighted by Gasteiger charge is 2.62. The van der Waals surface area contributed by atoms with E-state index in [9.17, 15) is 157 Å². The molecule has 706 valence electrons. The van der Waals surface area contributed by atoms with Crippen molar-refractivity contribution in [2.45, 2.75) is 341 Å². The predicted molar refractivity (Wildman–Crippen MR) is 375 cm³/mol. The Balaban J connectivity index is 0.960. The van der Waals surface area contributed by atoms with Crippen LogP contribution in [0.5, 0.6) is 0 Å². The van der Waals surface area contributed by atoms with Crippen LogP contribution in [0.15, 0.2) is 0 Å². The van der Waals surface area contributed by atoms with Gasteiger partial charge >= 0.3 is 0 Å². The first kappa shape index (κ1) is 100. The second-order valence-corrected chi connectivity index (χ2v) is 31.0. The van der Waals surface area contributed by atoms with E-state index in [0.29, 0.717) is 0 Å². The maximum absolute atomic E-state index is 13.2. The molecule has 54 heteroatoms. The lowest BCUT2D eigenvalue weighted by molar-refractivity contribution is -0.397. The fourth-order valence-corrected chi connectivity index (χ4v) is 15.8. The Morgan fingerprint density at radius 1 is 0.230 bits per heavy atom. The van der Waals surface area contributed by atoms with Gasteiger partial charge < -0.3 is 249 Å². The number of nitrogens with one attached hydrogen (secondary N) is 4. The SMILES string of the molecule is CC(=O)N[C@@H]1[C@H](O[C@@H]2[C@@H](O[C@@H]3[C@H](O)[C@H](O[C@H]4[C@H](O)[C@@H](NC(C)=O)[C@H](O[C@H]5[C@H](O)[C@@H](NC(C)=O)[C@H](O)O[C@@H]5CO[C@@H]5O[C@@H](C)[C@@H](O)[C@@H](O)[C@@H]5O)O[C@@H]4CO)O[C@H](CO[C@H]4O[C@H](CO)[C@@H](O)[C@H](O)[C@@H]4O[C@@H]4O[C@H](CO)[C@@H](O[C@@H]5O[C@H](CO)[C@H](O)[C@H](O[C@H]6O[C@H](CO)[C@H](O)[C@H](O)[C@H]6O)[C@H]5O)[C@H](O)[C@H]4NC(C)=O)[C@H]3O)O[C@H](CO)[C@@H](O)[C@@H]2O)O[C@H](CO)[C@@H](O)[C@@H]1O. The first-order valence-corrected chi connectivity index (χ1v) is 39.0. The lowest BCUT2D eigenvalue weighted by atomic mass is 9.93. The zero-order valence-corrected chi connectivity index (χ0v) is 65.7. The van der Waals surface area contributed by atoms with Gasteiger partial charge in [0.2, 0.25) is 23.6 Å². The largest absolute Gasteiger partial charge is 0.394 e. The van der Waals surface area contributed by atoms with Gasteiger partial charge in [0, 0.05) is 27.7 Å². The molecule has 0 spiro atoms. The summed E-state index contributed by atoms with van der Waals surface area (Å²) in [6.07, 6.45) is -95.1. The molecule has 31 N–H and O–H groups in total. The summed E-state index contributed by atoms with van der Waals surface area (Å²) in [6, 6.07) is -7.57. The molecule has 0 aliphatic carbocycles. The molecule has 10 aliphatic heterocycles. The Hall–Kier alpha value is -3.96. The lowest BCUT2D eigenvalue weighted by Crippen LogP contribution is -2.71. The molecular weight excluding hydrogens is 1670 g/mol. The molecule has 50 atom stereocenters. The van der Waals surface area contributed by atoms with Crippen molar-refractivity contribution < 1.29 is 247 Å². The molecule has 0 aromatic carbocycles. The molecule has 0 aromatic rings. The first-order valence-electron chi connectivity index (χ1n) is 39.0. The second kappa shape index (κ2) is 43.6. The highest BCUT2D eigenvalue weighted by atomic mass is 16.8. The van der Waals surface area contributed by atoms with Crippen LogP contribution in [0.2, 0.25) is 0 Å². The minimum atomic E-state index is -2.59. The Labute approximate surface area is 691 Å². The van der Waals surface area contributed by atoms with Gasteiger partial charge in [-0.15, -0.1) is 0 Å². The van der Waals surface area contributed by atoms with Crippen molar-refractivity contribution in [3.8, 4) is 0 Å². The van der Waals surface area contributed by atoms with Gasteiger partial charge in [0.15, 0.2) is 62.9 Å². The molecule has 0 unspecified atom stereocenters. The van der Waals surface area contributed by atoms with Gasteiger partial charge in [-0.05, 0) is 6.92 Å². The molecule has 10 saturated heterocycles. The summed E-state index contributed by atoms with van der Waals surface area (Å²) in [4.78, 5) is 51.3.